The maximum Gasteiger partial charge on any atom is 0.0642 e. The van der Waals surface area contributed by atoms with Crippen molar-refractivity contribution in [3.63, 3.8) is 0 Å². The van der Waals surface area contributed by atoms with E-state index >= 15 is 0 Å². The Bertz CT molecular complexity index is 953. The summed E-state index contributed by atoms with van der Waals surface area (Å²) in [5, 5.41) is 9.30. The van der Waals surface area contributed by atoms with E-state index < -0.39 is 0 Å². The van der Waals surface area contributed by atoms with Crippen LogP contribution in [-0.2, 0) is 32.2 Å². The van der Waals surface area contributed by atoms with Gasteiger partial charge in [-0.25, -0.2) is 0 Å². The summed E-state index contributed by atoms with van der Waals surface area (Å²) in [5.74, 6) is 0. The van der Waals surface area contributed by atoms with Gasteiger partial charge in [0.05, 0.1) is 13.2 Å². The number of nitrogens with zero attached hydrogens (tertiary/aromatic N) is 4. The Kier molecular flexibility index (Phi) is 6.09. The number of hydrogen-bond acceptors (Lipinski definition) is 4. The first-order valence-electron chi connectivity index (χ1n) is 8.64. The fraction of sp³-hybridized carbons (Fsp3) is 0.238. The fourth-order valence-corrected chi connectivity index (χ4v) is 3.39. The number of morpholine rings is 1. The van der Waals surface area contributed by atoms with Crippen LogP contribution in [0.1, 0.15) is 5.56 Å². The quantitative estimate of drug-likeness (QED) is 0.489. The molecule has 1 radical (unpaired) electrons. The summed E-state index contributed by atoms with van der Waals surface area (Å²) in [4.78, 5) is 6.26. The number of hydrogen-bond donors (Lipinski definition) is 0. The average Bonchev–Trinajstić information content (AvgIpc) is 3.10. The molecule has 6 heteroatoms. The SMILES string of the molecule is Cn1c(-c2ccc(N3CCOCC3)cc2)ccc1-c1ccn[c-]c1C#N.[Re]. The Labute approximate surface area is 172 Å². The van der Waals surface area contributed by atoms with E-state index in [4.69, 9.17) is 4.74 Å². The Balaban J connectivity index is 0.00000210. The van der Waals surface area contributed by atoms with Gasteiger partial charge in [-0.15, -0.1) is 6.07 Å². The molecule has 0 atom stereocenters. The van der Waals surface area contributed by atoms with Crippen LogP contribution in [0, 0.1) is 17.5 Å². The predicted octanol–water partition coefficient (Wildman–Crippen LogP) is 3.26. The van der Waals surface area contributed by atoms with Gasteiger partial charge in [-0.05, 0) is 42.1 Å². The van der Waals surface area contributed by atoms with Crippen LogP contribution in [0.15, 0.2) is 48.7 Å². The zero-order valence-electron chi connectivity index (χ0n) is 15.0. The van der Waals surface area contributed by atoms with Gasteiger partial charge in [0.2, 0.25) is 0 Å². The zero-order chi connectivity index (χ0) is 17.9. The molecule has 0 bridgehead atoms. The van der Waals surface area contributed by atoms with E-state index in [9.17, 15) is 5.26 Å². The molecule has 1 fully saturated rings. The molecule has 0 N–H and O–H groups in total. The second-order valence-corrected chi connectivity index (χ2v) is 6.27. The van der Waals surface area contributed by atoms with Crippen molar-refractivity contribution in [1.82, 2.24) is 9.55 Å². The van der Waals surface area contributed by atoms with Gasteiger partial charge in [-0.1, -0.05) is 29.5 Å². The Morgan fingerprint density at radius 3 is 2.44 bits per heavy atom. The van der Waals surface area contributed by atoms with Crippen LogP contribution >= 0.6 is 0 Å². The predicted molar refractivity (Wildman–Crippen MR) is 101 cm³/mol. The largest absolute Gasteiger partial charge is 0.378 e. The van der Waals surface area contributed by atoms with Crippen molar-refractivity contribution in [2.24, 2.45) is 7.05 Å². The Hall–Kier alpha value is -2.44. The molecule has 1 aliphatic rings. The van der Waals surface area contributed by atoms with Crippen molar-refractivity contribution < 1.29 is 25.2 Å². The van der Waals surface area contributed by atoms with E-state index in [1.54, 1.807) is 6.20 Å². The number of rotatable bonds is 3. The normalized spacial score (nSPS) is 13.7. The van der Waals surface area contributed by atoms with E-state index in [1.807, 2.05) is 19.2 Å². The summed E-state index contributed by atoms with van der Waals surface area (Å²) >= 11 is 0. The monoisotopic (exact) mass is 530 g/mol. The molecule has 1 aromatic carbocycles. The first-order chi connectivity index (χ1) is 12.8. The van der Waals surface area contributed by atoms with Gasteiger partial charge in [0, 0.05) is 57.6 Å². The summed E-state index contributed by atoms with van der Waals surface area (Å²) in [5.41, 5.74) is 5.76. The first kappa shape index (κ1) is 19.3. The van der Waals surface area contributed by atoms with Crippen molar-refractivity contribution >= 4 is 5.69 Å². The van der Waals surface area contributed by atoms with Crippen LogP contribution in [0.3, 0.4) is 0 Å². The fourth-order valence-electron chi connectivity index (χ4n) is 3.39. The van der Waals surface area contributed by atoms with Crippen molar-refractivity contribution in [2.75, 3.05) is 31.2 Å². The molecule has 0 amide bonds. The maximum atomic E-state index is 9.30. The summed E-state index contributed by atoms with van der Waals surface area (Å²) in [6, 6.07) is 16.8. The van der Waals surface area contributed by atoms with Crippen LogP contribution in [0.2, 0.25) is 0 Å². The molecule has 137 valence electrons. The maximum absolute atomic E-state index is 9.30. The third kappa shape index (κ3) is 3.82. The molecule has 1 saturated heterocycles. The van der Waals surface area contributed by atoms with E-state index in [2.05, 4.69) is 57.0 Å². The van der Waals surface area contributed by atoms with E-state index in [1.165, 1.54) is 5.69 Å². The van der Waals surface area contributed by atoms with Crippen LogP contribution < -0.4 is 4.90 Å². The minimum absolute atomic E-state index is 0. The number of pyridine rings is 1. The summed E-state index contributed by atoms with van der Waals surface area (Å²) < 4.78 is 7.52. The molecule has 0 unspecified atom stereocenters. The summed E-state index contributed by atoms with van der Waals surface area (Å²) in [7, 11) is 2.02. The number of nitriles is 1. The molecule has 4 rings (SSSR count). The molecule has 0 aliphatic carbocycles. The van der Waals surface area contributed by atoms with Crippen LogP contribution in [0.25, 0.3) is 22.5 Å². The topological polar surface area (TPSA) is 54.1 Å². The first-order valence-corrected chi connectivity index (χ1v) is 8.64. The third-order valence-corrected chi connectivity index (χ3v) is 4.81. The van der Waals surface area contributed by atoms with Crippen molar-refractivity contribution in [2.45, 2.75) is 0 Å². The van der Waals surface area contributed by atoms with Crippen LogP contribution in [0.4, 0.5) is 5.69 Å². The number of benzene rings is 1. The second-order valence-electron chi connectivity index (χ2n) is 6.27. The van der Waals surface area contributed by atoms with Crippen molar-refractivity contribution in [3.05, 3.63) is 60.4 Å². The van der Waals surface area contributed by atoms with Gasteiger partial charge in [0.1, 0.15) is 0 Å². The van der Waals surface area contributed by atoms with Gasteiger partial charge in [0.25, 0.3) is 0 Å². The van der Waals surface area contributed by atoms with E-state index in [0.29, 0.717) is 5.56 Å². The molecule has 0 spiro atoms. The van der Waals surface area contributed by atoms with Gasteiger partial charge in [-0.3, -0.25) is 5.26 Å². The minimum atomic E-state index is 0. The number of aromatic nitrogens is 2. The number of anilines is 1. The Morgan fingerprint density at radius 2 is 1.74 bits per heavy atom. The van der Waals surface area contributed by atoms with Crippen LogP contribution in [-0.4, -0.2) is 35.9 Å². The second kappa shape index (κ2) is 8.50. The van der Waals surface area contributed by atoms with Gasteiger partial charge in [-0.2, -0.15) is 0 Å². The summed E-state index contributed by atoms with van der Waals surface area (Å²) in [6.07, 6.45) is 4.43. The van der Waals surface area contributed by atoms with Crippen molar-refractivity contribution in [1.29, 1.82) is 5.26 Å². The molecule has 1 aliphatic heterocycles. The van der Waals surface area contributed by atoms with Crippen LogP contribution in [0.5, 0.6) is 0 Å². The van der Waals surface area contributed by atoms with Gasteiger partial charge in [0.15, 0.2) is 0 Å². The van der Waals surface area contributed by atoms with Gasteiger partial charge < -0.3 is 19.2 Å². The molecule has 0 saturated carbocycles. The van der Waals surface area contributed by atoms with E-state index in [0.717, 1.165) is 48.8 Å². The zero-order valence-corrected chi connectivity index (χ0v) is 17.7. The van der Waals surface area contributed by atoms with Crippen molar-refractivity contribution in [3.8, 4) is 28.6 Å². The Morgan fingerprint density at radius 1 is 1.04 bits per heavy atom. The molecule has 3 heterocycles. The standard InChI is InChI=1S/C21H19N4O.Re/c1-24-20(6-7-21(24)19-8-9-23-15-17(19)14-22)16-2-4-18(5-3-16)25-10-12-26-13-11-25;/h2-9H,10-13H2,1H3;/q-1;. The van der Waals surface area contributed by atoms with Gasteiger partial charge >= 0.3 is 0 Å². The molecule has 3 aromatic rings. The molecule has 27 heavy (non-hydrogen) atoms. The molecule has 2 aromatic heterocycles. The number of ether oxygens (including phenoxy) is 1. The molecular weight excluding hydrogens is 510 g/mol. The average molecular weight is 530 g/mol. The summed E-state index contributed by atoms with van der Waals surface area (Å²) in [6.45, 7) is 3.44. The molecule has 5 nitrogen and oxygen atoms in total. The molecular formula is C21H19N4ORe-. The smallest absolute Gasteiger partial charge is 0.0642 e. The third-order valence-electron chi connectivity index (χ3n) is 4.81. The van der Waals surface area contributed by atoms with E-state index in [-0.39, 0.29) is 20.4 Å². The minimum Gasteiger partial charge on any atom is -0.378 e.